The molecule has 0 radical (unpaired) electrons. The highest BCUT2D eigenvalue weighted by molar-refractivity contribution is 6.31. The van der Waals surface area contributed by atoms with Gasteiger partial charge in [0.1, 0.15) is 5.60 Å². The van der Waals surface area contributed by atoms with Gasteiger partial charge in [0, 0.05) is 23.5 Å². The Balaban J connectivity index is 1.11. The third-order valence-corrected chi connectivity index (χ3v) is 10.6. The van der Waals surface area contributed by atoms with Gasteiger partial charge in [-0.05, 0) is 117 Å². The van der Waals surface area contributed by atoms with Crippen molar-refractivity contribution in [2.75, 3.05) is 19.7 Å². The van der Waals surface area contributed by atoms with Crippen molar-refractivity contribution >= 4 is 23.4 Å². The average Bonchev–Trinajstić information content (AvgIpc) is 3.82. The number of nitrogens with zero attached hydrogens (tertiary/aromatic N) is 1. The van der Waals surface area contributed by atoms with E-state index in [4.69, 9.17) is 16.3 Å². The molecule has 9 heteroatoms. The summed E-state index contributed by atoms with van der Waals surface area (Å²) in [5.74, 6) is -0.404. The van der Waals surface area contributed by atoms with E-state index in [0.717, 1.165) is 56.0 Å². The van der Waals surface area contributed by atoms with E-state index in [1.807, 2.05) is 12.1 Å². The van der Waals surface area contributed by atoms with Crippen molar-refractivity contribution in [2.24, 2.45) is 17.8 Å². The van der Waals surface area contributed by atoms with Crippen molar-refractivity contribution in [1.29, 1.82) is 0 Å². The summed E-state index contributed by atoms with van der Waals surface area (Å²) in [6.45, 7) is 4.44. The highest BCUT2D eigenvalue weighted by atomic mass is 35.5. The Morgan fingerprint density at radius 3 is 2.52 bits per heavy atom. The summed E-state index contributed by atoms with van der Waals surface area (Å²) in [5.41, 5.74) is 1.04. The lowest BCUT2D eigenvalue weighted by atomic mass is 9.72. The second kappa shape index (κ2) is 11.3. The molecule has 226 valence electrons. The van der Waals surface area contributed by atoms with Gasteiger partial charge in [0.05, 0.1) is 17.7 Å². The molecule has 2 aliphatic carbocycles. The number of likely N-dealkylation sites (tertiary alicyclic amines) is 1. The molecular formula is C33H37ClF3NO4. The molecule has 0 aromatic heterocycles. The summed E-state index contributed by atoms with van der Waals surface area (Å²) >= 11 is 6.24. The van der Waals surface area contributed by atoms with Crippen molar-refractivity contribution < 1.29 is 32.6 Å². The van der Waals surface area contributed by atoms with Crippen molar-refractivity contribution in [1.82, 2.24) is 4.90 Å². The van der Waals surface area contributed by atoms with Crippen LogP contribution < -0.4 is 0 Å². The van der Waals surface area contributed by atoms with E-state index in [2.05, 4.69) is 11.8 Å². The predicted molar refractivity (Wildman–Crippen MR) is 153 cm³/mol. The number of benzene rings is 2. The number of ether oxygens (including phenoxy) is 1. The number of rotatable bonds is 6. The Morgan fingerprint density at radius 2 is 1.88 bits per heavy atom. The number of carboxylic acid groups (broad SMARTS) is 1. The summed E-state index contributed by atoms with van der Waals surface area (Å²) in [6, 6.07) is 9.62. The first-order chi connectivity index (χ1) is 20.0. The normalized spacial score (nSPS) is 30.5. The third-order valence-electron chi connectivity index (χ3n) is 10.2. The molecule has 2 saturated heterocycles. The van der Waals surface area contributed by atoms with Crippen molar-refractivity contribution in [3.63, 3.8) is 0 Å². The van der Waals surface area contributed by atoms with Crippen LogP contribution in [-0.4, -0.2) is 53.1 Å². The summed E-state index contributed by atoms with van der Waals surface area (Å²) in [5, 5.41) is 9.53. The van der Waals surface area contributed by atoms with Gasteiger partial charge in [-0.1, -0.05) is 30.7 Å². The maximum atomic E-state index is 14.1. The molecule has 3 unspecified atom stereocenters. The number of piperidine rings is 1. The Morgan fingerprint density at radius 1 is 1.10 bits per heavy atom. The molecule has 0 amide bonds. The minimum Gasteiger partial charge on any atom is -0.478 e. The Hall–Kier alpha value is -2.42. The third kappa shape index (κ3) is 5.62. The number of carboxylic acids is 1. The fourth-order valence-corrected chi connectivity index (χ4v) is 8.15. The quantitative estimate of drug-likeness (QED) is 0.379. The van der Waals surface area contributed by atoms with Crippen LogP contribution in [0.25, 0.3) is 0 Å². The van der Waals surface area contributed by atoms with Gasteiger partial charge in [0.2, 0.25) is 0 Å². The molecule has 0 bridgehead atoms. The first-order valence-electron chi connectivity index (χ1n) is 15.1. The average molecular weight is 604 g/mol. The minimum atomic E-state index is -4.49. The van der Waals surface area contributed by atoms with Crippen LogP contribution in [0.3, 0.4) is 0 Å². The zero-order valence-electron chi connectivity index (χ0n) is 23.8. The summed E-state index contributed by atoms with van der Waals surface area (Å²) < 4.78 is 47.0. The number of Topliss-reactive ketones (excluding diaryl/α,β-unsaturated/α-hetero) is 1. The number of carbonyl (C=O) groups excluding carboxylic acids is 1. The molecule has 2 aromatic rings. The Bertz CT molecular complexity index is 1370. The van der Waals surface area contributed by atoms with Crippen LogP contribution in [0.15, 0.2) is 36.4 Å². The zero-order valence-corrected chi connectivity index (χ0v) is 24.5. The molecule has 2 aromatic carbocycles. The molecule has 1 saturated carbocycles. The van der Waals surface area contributed by atoms with Gasteiger partial charge in [0.25, 0.3) is 0 Å². The topological polar surface area (TPSA) is 66.8 Å². The van der Waals surface area contributed by atoms with Gasteiger partial charge in [-0.2, -0.15) is 13.2 Å². The maximum Gasteiger partial charge on any atom is 0.416 e. The highest BCUT2D eigenvalue weighted by Gasteiger charge is 2.55. The molecule has 6 rings (SSSR count). The zero-order chi connectivity index (χ0) is 29.8. The lowest BCUT2D eigenvalue weighted by molar-refractivity contribution is -0.168. The molecule has 42 heavy (non-hydrogen) atoms. The standard InChI is InChI=1S/C33H37ClF3NO4/c1-19-17-38(12-10-27(19)20-3-2-4-22(13-20)31(40)41)26-9-11-32(42-18-26,24-6-7-24)30(39)21-5-8-28-23(14-21)15-25(16-29(28)34)33(35,36)37/h2-4,13,15-16,19,21,24,26-27H,5-12,14,17-18H2,1H3,(H,40,41)/t19?,21?,26?,27-,32-/m0/s1. The highest BCUT2D eigenvalue weighted by Crippen LogP contribution is 2.50. The van der Waals surface area contributed by atoms with Crippen LogP contribution >= 0.6 is 11.6 Å². The first-order valence-corrected chi connectivity index (χ1v) is 15.5. The number of hydrogen-bond acceptors (Lipinski definition) is 4. The van der Waals surface area contributed by atoms with Crippen molar-refractivity contribution in [2.45, 2.75) is 82.0 Å². The van der Waals surface area contributed by atoms with E-state index >= 15 is 0 Å². The van der Waals surface area contributed by atoms with Gasteiger partial charge in [0.15, 0.2) is 5.78 Å². The van der Waals surface area contributed by atoms with E-state index in [9.17, 15) is 27.9 Å². The van der Waals surface area contributed by atoms with Gasteiger partial charge in [-0.3, -0.25) is 9.69 Å². The van der Waals surface area contributed by atoms with E-state index < -0.39 is 23.3 Å². The molecule has 1 N–H and O–H groups in total. The van der Waals surface area contributed by atoms with E-state index in [1.54, 1.807) is 12.1 Å². The molecule has 2 heterocycles. The number of carbonyl (C=O) groups is 2. The Kier molecular flexibility index (Phi) is 7.94. The van der Waals surface area contributed by atoms with Gasteiger partial charge < -0.3 is 9.84 Å². The van der Waals surface area contributed by atoms with Crippen LogP contribution in [0.5, 0.6) is 0 Å². The molecule has 2 aliphatic heterocycles. The van der Waals surface area contributed by atoms with E-state index in [1.165, 1.54) is 6.07 Å². The van der Waals surface area contributed by atoms with Crippen LogP contribution in [0.2, 0.25) is 5.02 Å². The maximum absolute atomic E-state index is 14.1. The largest absolute Gasteiger partial charge is 0.478 e. The summed E-state index contributed by atoms with van der Waals surface area (Å²) in [4.78, 5) is 28.0. The van der Waals surface area contributed by atoms with Gasteiger partial charge >= 0.3 is 12.1 Å². The van der Waals surface area contributed by atoms with Gasteiger partial charge in [-0.15, -0.1) is 0 Å². The molecule has 0 spiro atoms. The van der Waals surface area contributed by atoms with Crippen LogP contribution in [0.1, 0.15) is 84.0 Å². The molecule has 4 aliphatic rings. The summed E-state index contributed by atoms with van der Waals surface area (Å²) in [7, 11) is 0. The predicted octanol–water partition coefficient (Wildman–Crippen LogP) is 7.18. The van der Waals surface area contributed by atoms with Crippen LogP contribution in [-0.2, 0) is 28.5 Å². The van der Waals surface area contributed by atoms with Gasteiger partial charge in [-0.25, -0.2) is 4.79 Å². The minimum absolute atomic E-state index is 0.0630. The van der Waals surface area contributed by atoms with Crippen molar-refractivity contribution in [3.05, 3.63) is 69.2 Å². The molecule has 5 nitrogen and oxygen atoms in total. The van der Waals surface area contributed by atoms with Crippen LogP contribution in [0, 0.1) is 17.8 Å². The number of aromatic carboxylic acids is 1. The molecule has 3 fully saturated rings. The van der Waals surface area contributed by atoms with E-state index in [-0.39, 0.29) is 41.0 Å². The lowest BCUT2D eigenvalue weighted by Gasteiger charge is -2.47. The molecular weight excluding hydrogens is 567 g/mol. The number of alkyl halides is 3. The number of hydrogen-bond donors (Lipinski definition) is 1. The lowest BCUT2D eigenvalue weighted by Crippen LogP contribution is -2.56. The van der Waals surface area contributed by atoms with Crippen LogP contribution in [0.4, 0.5) is 13.2 Å². The van der Waals surface area contributed by atoms with Crippen molar-refractivity contribution in [3.8, 4) is 0 Å². The Labute approximate surface area is 249 Å². The first kappa shape index (κ1) is 29.6. The number of fused-ring (bicyclic) bond motifs is 1. The fourth-order valence-electron chi connectivity index (χ4n) is 7.82. The SMILES string of the molecule is CC1CN(C2CC[C@@](C(=O)C3CCc4c(Cl)cc(C(F)(F)F)cc4C3)(C3CC3)OC2)CC[C@@H]1c1cccc(C(=O)O)c1. The summed E-state index contributed by atoms with van der Waals surface area (Å²) in [6.07, 6.45) is 1.17. The molecule has 5 atom stereocenters. The monoisotopic (exact) mass is 603 g/mol. The smallest absolute Gasteiger partial charge is 0.416 e. The number of ketones is 1. The van der Waals surface area contributed by atoms with E-state index in [0.29, 0.717) is 42.9 Å². The number of halogens is 4. The second-order valence-electron chi connectivity index (χ2n) is 12.9. The fraction of sp³-hybridized carbons (Fsp3) is 0.576. The second-order valence-corrected chi connectivity index (χ2v) is 13.3.